The maximum atomic E-state index is 12.3. The van der Waals surface area contributed by atoms with E-state index in [2.05, 4.69) is 4.98 Å². The van der Waals surface area contributed by atoms with Crippen molar-refractivity contribution in [3.63, 3.8) is 0 Å². The van der Waals surface area contributed by atoms with Crippen LogP contribution in [0.2, 0.25) is 0 Å². The van der Waals surface area contributed by atoms with E-state index in [1.165, 1.54) is 25.2 Å². The van der Waals surface area contributed by atoms with E-state index >= 15 is 0 Å². The normalized spacial score (nSPS) is 14.6. The zero-order valence-corrected chi connectivity index (χ0v) is 13.7. The van der Waals surface area contributed by atoms with E-state index in [1.54, 1.807) is 24.3 Å². The first-order chi connectivity index (χ1) is 12.0. The lowest BCUT2D eigenvalue weighted by atomic mass is 10.1. The van der Waals surface area contributed by atoms with E-state index in [9.17, 15) is 14.4 Å². The first-order valence-corrected chi connectivity index (χ1v) is 7.43. The Hall–Kier alpha value is -3.13. The van der Waals surface area contributed by atoms with Crippen LogP contribution in [0.4, 0.5) is 5.69 Å². The van der Waals surface area contributed by atoms with E-state index < -0.39 is 11.9 Å². The molecular formula is C17H16N2O6. The van der Waals surface area contributed by atoms with Gasteiger partial charge in [0.1, 0.15) is 12.4 Å². The summed E-state index contributed by atoms with van der Waals surface area (Å²) in [6, 6.07) is 8.38. The summed E-state index contributed by atoms with van der Waals surface area (Å²) in [5.41, 5.74) is 1.05. The Morgan fingerprint density at radius 3 is 2.56 bits per heavy atom. The van der Waals surface area contributed by atoms with E-state index in [-0.39, 0.29) is 30.2 Å². The summed E-state index contributed by atoms with van der Waals surface area (Å²) < 4.78 is 15.0. The Labute approximate surface area is 142 Å². The molecule has 2 heterocycles. The molecule has 0 aliphatic carbocycles. The van der Waals surface area contributed by atoms with Crippen molar-refractivity contribution in [3.05, 3.63) is 52.0 Å². The van der Waals surface area contributed by atoms with Crippen molar-refractivity contribution in [1.29, 1.82) is 0 Å². The molecule has 0 saturated heterocycles. The molecule has 0 saturated carbocycles. The molecule has 0 unspecified atom stereocenters. The van der Waals surface area contributed by atoms with Crippen LogP contribution in [0.1, 0.15) is 0 Å². The summed E-state index contributed by atoms with van der Waals surface area (Å²) in [6.07, 6.45) is 0. The first-order valence-electron chi connectivity index (χ1n) is 7.43. The molecule has 0 fully saturated rings. The fourth-order valence-corrected chi connectivity index (χ4v) is 2.65. The van der Waals surface area contributed by atoms with Gasteiger partial charge in [0.15, 0.2) is 0 Å². The standard InChI is InChI=1S/C17H16N2O6/c1-23-16(21)12-8-25-9-19(15(12)17(22)24-2)11-5-3-10-4-6-14(20)18-13(10)7-11/h3-7H,8-9H2,1-2H3,(H,18,20). The molecule has 25 heavy (non-hydrogen) atoms. The molecule has 1 aliphatic rings. The Kier molecular flexibility index (Phi) is 4.53. The summed E-state index contributed by atoms with van der Waals surface area (Å²) in [5.74, 6) is -1.34. The fraction of sp³-hybridized carbons (Fsp3) is 0.235. The van der Waals surface area contributed by atoms with Gasteiger partial charge in [-0.3, -0.25) is 4.79 Å². The lowest BCUT2D eigenvalue weighted by Gasteiger charge is -2.31. The van der Waals surface area contributed by atoms with Gasteiger partial charge in [-0.05, 0) is 23.6 Å². The van der Waals surface area contributed by atoms with Crippen LogP contribution in [0, 0.1) is 0 Å². The predicted molar refractivity (Wildman–Crippen MR) is 88.9 cm³/mol. The van der Waals surface area contributed by atoms with E-state index in [0.29, 0.717) is 11.2 Å². The summed E-state index contributed by atoms with van der Waals surface area (Å²) in [7, 11) is 2.46. The number of nitrogens with zero attached hydrogens (tertiary/aromatic N) is 1. The molecule has 0 spiro atoms. The fourth-order valence-electron chi connectivity index (χ4n) is 2.65. The molecule has 1 aromatic heterocycles. The quantitative estimate of drug-likeness (QED) is 0.827. The smallest absolute Gasteiger partial charge is 0.355 e. The zero-order valence-electron chi connectivity index (χ0n) is 13.7. The second-order valence-corrected chi connectivity index (χ2v) is 5.31. The number of aromatic nitrogens is 1. The average Bonchev–Trinajstić information content (AvgIpc) is 2.65. The van der Waals surface area contributed by atoms with E-state index in [0.717, 1.165) is 5.39 Å². The molecule has 1 aromatic carbocycles. The largest absolute Gasteiger partial charge is 0.466 e. The van der Waals surface area contributed by atoms with Crippen LogP contribution in [0.5, 0.6) is 0 Å². The highest BCUT2D eigenvalue weighted by atomic mass is 16.5. The Morgan fingerprint density at radius 1 is 1.12 bits per heavy atom. The zero-order chi connectivity index (χ0) is 18.0. The van der Waals surface area contributed by atoms with Gasteiger partial charge in [0.25, 0.3) is 0 Å². The summed E-state index contributed by atoms with van der Waals surface area (Å²) in [4.78, 5) is 40.0. The van der Waals surface area contributed by atoms with Crippen molar-refractivity contribution in [3.8, 4) is 0 Å². The predicted octanol–water partition coefficient (Wildman–Crippen LogP) is 0.922. The maximum absolute atomic E-state index is 12.3. The van der Waals surface area contributed by atoms with E-state index in [4.69, 9.17) is 14.2 Å². The average molecular weight is 344 g/mol. The molecule has 0 radical (unpaired) electrons. The van der Waals surface area contributed by atoms with Gasteiger partial charge in [0, 0.05) is 11.8 Å². The van der Waals surface area contributed by atoms with Gasteiger partial charge in [-0.2, -0.15) is 0 Å². The number of benzene rings is 1. The lowest BCUT2D eigenvalue weighted by Crippen LogP contribution is -2.38. The highest BCUT2D eigenvalue weighted by molar-refractivity contribution is 6.03. The molecule has 1 N–H and O–H groups in total. The van der Waals surface area contributed by atoms with Crippen LogP contribution in [-0.4, -0.2) is 44.5 Å². The van der Waals surface area contributed by atoms with Crippen molar-refractivity contribution in [2.45, 2.75) is 0 Å². The minimum atomic E-state index is -0.676. The Morgan fingerprint density at radius 2 is 1.84 bits per heavy atom. The topological polar surface area (TPSA) is 97.9 Å². The minimum Gasteiger partial charge on any atom is -0.466 e. The minimum absolute atomic E-state index is 0.0491. The van der Waals surface area contributed by atoms with Crippen LogP contribution >= 0.6 is 0 Å². The maximum Gasteiger partial charge on any atom is 0.355 e. The molecule has 0 atom stereocenters. The van der Waals surface area contributed by atoms with E-state index in [1.807, 2.05) is 0 Å². The number of aromatic amines is 1. The van der Waals surface area contributed by atoms with Gasteiger partial charge in [-0.15, -0.1) is 0 Å². The highest BCUT2D eigenvalue weighted by Crippen LogP contribution is 2.28. The number of rotatable bonds is 3. The molecule has 0 bridgehead atoms. The van der Waals surface area contributed by atoms with Crippen molar-refractivity contribution in [1.82, 2.24) is 4.98 Å². The molecule has 3 rings (SSSR count). The summed E-state index contributed by atoms with van der Waals surface area (Å²) in [6.45, 7) is -0.00841. The van der Waals surface area contributed by atoms with Gasteiger partial charge < -0.3 is 24.1 Å². The number of nitrogens with one attached hydrogen (secondary N) is 1. The molecule has 1 aliphatic heterocycles. The molecule has 0 amide bonds. The number of H-pyrrole nitrogens is 1. The summed E-state index contributed by atoms with van der Waals surface area (Å²) in [5, 5.41) is 0.832. The number of anilines is 1. The monoisotopic (exact) mass is 344 g/mol. The van der Waals surface area contributed by atoms with Crippen LogP contribution in [0.3, 0.4) is 0 Å². The molecule has 8 heteroatoms. The number of methoxy groups -OCH3 is 2. The van der Waals surface area contributed by atoms with Gasteiger partial charge in [-0.1, -0.05) is 6.07 Å². The number of hydrogen-bond acceptors (Lipinski definition) is 7. The summed E-state index contributed by atoms with van der Waals surface area (Å²) >= 11 is 0. The molecule has 130 valence electrons. The SMILES string of the molecule is COC(=O)C1=C(C(=O)OC)N(c2ccc3ccc(=O)[nH]c3c2)COC1. The van der Waals surface area contributed by atoms with Crippen LogP contribution in [0.25, 0.3) is 10.9 Å². The molecule has 8 nitrogen and oxygen atoms in total. The third-order valence-corrected chi connectivity index (χ3v) is 3.85. The van der Waals surface area contributed by atoms with Crippen LogP contribution in [0.15, 0.2) is 46.4 Å². The second-order valence-electron chi connectivity index (χ2n) is 5.31. The number of fused-ring (bicyclic) bond motifs is 1. The highest BCUT2D eigenvalue weighted by Gasteiger charge is 2.32. The number of carbonyl (C=O) groups is 2. The van der Waals surface area contributed by atoms with Crippen molar-refractivity contribution in [2.75, 3.05) is 32.5 Å². The van der Waals surface area contributed by atoms with Gasteiger partial charge >= 0.3 is 11.9 Å². The Balaban J connectivity index is 2.14. The number of carbonyl (C=O) groups excluding carboxylic acids is 2. The van der Waals surface area contributed by atoms with Gasteiger partial charge in [-0.25, -0.2) is 9.59 Å². The van der Waals surface area contributed by atoms with Crippen molar-refractivity contribution < 1.29 is 23.8 Å². The van der Waals surface area contributed by atoms with Crippen molar-refractivity contribution in [2.24, 2.45) is 0 Å². The lowest BCUT2D eigenvalue weighted by molar-refractivity contribution is -0.140. The third-order valence-electron chi connectivity index (χ3n) is 3.85. The molecular weight excluding hydrogens is 328 g/mol. The van der Waals surface area contributed by atoms with Crippen LogP contribution < -0.4 is 10.5 Å². The van der Waals surface area contributed by atoms with Gasteiger partial charge in [0.05, 0.1) is 31.9 Å². The first kappa shape index (κ1) is 16.7. The molecule has 2 aromatic rings. The van der Waals surface area contributed by atoms with Crippen LogP contribution in [-0.2, 0) is 23.8 Å². The number of pyridine rings is 1. The number of esters is 2. The van der Waals surface area contributed by atoms with Crippen molar-refractivity contribution >= 4 is 28.5 Å². The number of ether oxygens (including phenoxy) is 3. The van der Waals surface area contributed by atoms with Gasteiger partial charge in [0.2, 0.25) is 5.56 Å². The number of hydrogen-bond donors (Lipinski definition) is 1. The Bertz CT molecular complexity index is 930. The third kappa shape index (κ3) is 3.11. The second kappa shape index (κ2) is 6.78.